The van der Waals surface area contributed by atoms with Crippen LogP contribution < -0.4 is 10.2 Å². The van der Waals surface area contributed by atoms with E-state index in [9.17, 15) is 9.59 Å². The maximum absolute atomic E-state index is 12.0. The van der Waals surface area contributed by atoms with Gasteiger partial charge in [-0.3, -0.25) is 9.59 Å². The van der Waals surface area contributed by atoms with Crippen LogP contribution in [0.4, 0.5) is 5.69 Å². The molecule has 0 unspecified atom stereocenters. The monoisotopic (exact) mass is 254 g/mol. The van der Waals surface area contributed by atoms with Gasteiger partial charge in [0.05, 0.1) is 6.54 Å². The van der Waals surface area contributed by atoms with E-state index in [4.69, 9.17) is 0 Å². The Morgan fingerprint density at radius 3 is 2.63 bits per heavy atom. The molecule has 2 aromatic rings. The van der Waals surface area contributed by atoms with Gasteiger partial charge in [0.15, 0.2) is 0 Å². The summed E-state index contributed by atoms with van der Waals surface area (Å²) in [6.45, 7) is 0.509. The van der Waals surface area contributed by atoms with Crippen molar-refractivity contribution in [2.45, 2.75) is 6.42 Å². The van der Waals surface area contributed by atoms with Crippen LogP contribution in [0.3, 0.4) is 0 Å². The molecule has 1 N–H and O–H groups in total. The molecule has 1 aliphatic heterocycles. The first-order valence-electron chi connectivity index (χ1n) is 6.30. The molecule has 1 aliphatic rings. The summed E-state index contributed by atoms with van der Waals surface area (Å²) in [4.78, 5) is 25.0. The first kappa shape index (κ1) is 11.7. The van der Waals surface area contributed by atoms with Gasteiger partial charge < -0.3 is 10.2 Å². The number of hydrogen-bond acceptors (Lipinski definition) is 2. The van der Waals surface area contributed by atoms with Crippen LogP contribution >= 0.6 is 0 Å². The van der Waals surface area contributed by atoms with E-state index in [-0.39, 0.29) is 18.4 Å². The van der Waals surface area contributed by atoms with E-state index < -0.39 is 0 Å². The molecule has 1 heterocycles. The van der Waals surface area contributed by atoms with E-state index in [2.05, 4.69) is 5.32 Å². The van der Waals surface area contributed by atoms with Gasteiger partial charge in [0, 0.05) is 18.7 Å². The lowest BCUT2D eigenvalue weighted by Gasteiger charge is -2.20. The maximum Gasteiger partial charge on any atom is 0.246 e. The Morgan fingerprint density at radius 2 is 1.79 bits per heavy atom. The Kier molecular flexibility index (Phi) is 2.91. The summed E-state index contributed by atoms with van der Waals surface area (Å²) >= 11 is 0. The second kappa shape index (κ2) is 4.72. The molecule has 0 saturated carbocycles. The van der Waals surface area contributed by atoms with Crippen molar-refractivity contribution < 1.29 is 9.59 Å². The van der Waals surface area contributed by atoms with Crippen LogP contribution in [0.15, 0.2) is 42.5 Å². The van der Waals surface area contributed by atoms with E-state index in [0.29, 0.717) is 13.0 Å². The SMILES string of the molecule is O=C1CCN(c2ccc3ccccc3c2)C(=O)CN1. The third-order valence-corrected chi connectivity index (χ3v) is 3.35. The van der Waals surface area contributed by atoms with Crippen LogP contribution in [-0.4, -0.2) is 24.9 Å². The maximum atomic E-state index is 12.0. The molecular formula is C15H14N2O2. The number of fused-ring (bicyclic) bond motifs is 1. The summed E-state index contributed by atoms with van der Waals surface area (Å²) in [5.74, 6) is -0.141. The highest BCUT2D eigenvalue weighted by molar-refractivity contribution is 6.00. The molecule has 4 nitrogen and oxygen atoms in total. The summed E-state index contributed by atoms with van der Waals surface area (Å²) in [5, 5.41) is 4.84. The second-order valence-electron chi connectivity index (χ2n) is 4.60. The highest BCUT2D eigenvalue weighted by atomic mass is 16.2. The molecule has 3 rings (SSSR count). The van der Waals surface area contributed by atoms with E-state index >= 15 is 0 Å². The largest absolute Gasteiger partial charge is 0.347 e. The lowest BCUT2D eigenvalue weighted by molar-refractivity contribution is -0.123. The first-order chi connectivity index (χ1) is 9.24. The van der Waals surface area contributed by atoms with Crippen molar-refractivity contribution in [2.24, 2.45) is 0 Å². The standard InChI is InChI=1S/C15H14N2O2/c18-14-7-8-17(15(19)10-16-14)13-6-5-11-3-1-2-4-12(11)9-13/h1-6,9H,7-8,10H2,(H,16,18). The number of anilines is 1. The molecule has 96 valence electrons. The van der Waals surface area contributed by atoms with E-state index in [1.807, 2.05) is 42.5 Å². The minimum absolute atomic E-state index is 0.0684. The van der Waals surface area contributed by atoms with Gasteiger partial charge in [0.2, 0.25) is 11.8 Å². The zero-order chi connectivity index (χ0) is 13.2. The average Bonchev–Trinajstić information content (AvgIpc) is 2.61. The third-order valence-electron chi connectivity index (χ3n) is 3.35. The van der Waals surface area contributed by atoms with E-state index in [1.54, 1.807) is 4.90 Å². The van der Waals surface area contributed by atoms with Crippen LogP contribution in [-0.2, 0) is 9.59 Å². The zero-order valence-electron chi connectivity index (χ0n) is 10.4. The highest BCUT2D eigenvalue weighted by Crippen LogP contribution is 2.22. The Hall–Kier alpha value is -2.36. The lowest BCUT2D eigenvalue weighted by Crippen LogP contribution is -2.35. The van der Waals surface area contributed by atoms with Crippen molar-refractivity contribution >= 4 is 28.3 Å². The van der Waals surface area contributed by atoms with Crippen LogP contribution in [0.25, 0.3) is 10.8 Å². The topological polar surface area (TPSA) is 49.4 Å². The smallest absolute Gasteiger partial charge is 0.246 e. The summed E-state index contributed by atoms with van der Waals surface area (Å²) in [5.41, 5.74) is 0.847. The van der Waals surface area contributed by atoms with Crippen molar-refractivity contribution in [1.29, 1.82) is 0 Å². The molecule has 0 spiro atoms. The van der Waals surface area contributed by atoms with Gasteiger partial charge in [-0.15, -0.1) is 0 Å². The van der Waals surface area contributed by atoms with Crippen LogP contribution in [0.2, 0.25) is 0 Å². The first-order valence-corrected chi connectivity index (χ1v) is 6.30. The van der Waals surface area contributed by atoms with Crippen molar-refractivity contribution in [3.05, 3.63) is 42.5 Å². The molecule has 2 aromatic carbocycles. The van der Waals surface area contributed by atoms with E-state index in [1.165, 1.54) is 0 Å². The number of nitrogens with zero attached hydrogens (tertiary/aromatic N) is 1. The van der Waals surface area contributed by atoms with Gasteiger partial charge in [-0.1, -0.05) is 30.3 Å². The molecule has 2 amide bonds. The average molecular weight is 254 g/mol. The molecule has 4 heteroatoms. The fraction of sp³-hybridized carbons (Fsp3) is 0.200. The van der Waals surface area contributed by atoms with Crippen LogP contribution in [0.1, 0.15) is 6.42 Å². The molecule has 0 aliphatic carbocycles. The highest BCUT2D eigenvalue weighted by Gasteiger charge is 2.21. The number of nitrogens with one attached hydrogen (secondary N) is 1. The summed E-state index contributed by atoms with van der Waals surface area (Å²) in [7, 11) is 0. The fourth-order valence-corrected chi connectivity index (χ4v) is 2.31. The van der Waals surface area contributed by atoms with Gasteiger partial charge in [-0.25, -0.2) is 0 Å². The Balaban J connectivity index is 1.98. The Morgan fingerprint density at radius 1 is 1.00 bits per heavy atom. The van der Waals surface area contributed by atoms with Crippen molar-refractivity contribution in [1.82, 2.24) is 5.32 Å². The minimum atomic E-state index is -0.0726. The molecular weight excluding hydrogens is 240 g/mol. The lowest BCUT2D eigenvalue weighted by atomic mass is 10.1. The Bertz CT molecular complexity index is 651. The summed E-state index contributed by atoms with van der Waals surface area (Å²) < 4.78 is 0. The predicted octanol–water partition coefficient (Wildman–Crippen LogP) is 1.69. The van der Waals surface area contributed by atoms with Gasteiger partial charge >= 0.3 is 0 Å². The van der Waals surface area contributed by atoms with Crippen LogP contribution in [0, 0.1) is 0 Å². The van der Waals surface area contributed by atoms with Crippen molar-refractivity contribution in [3.8, 4) is 0 Å². The van der Waals surface area contributed by atoms with Crippen molar-refractivity contribution in [3.63, 3.8) is 0 Å². The number of carbonyl (C=O) groups is 2. The molecule has 0 radical (unpaired) electrons. The molecule has 19 heavy (non-hydrogen) atoms. The number of hydrogen-bond donors (Lipinski definition) is 1. The quantitative estimate of drug-likeness (QED) is 0.842. The van der Waals surface area contributed by atoms with Crippen LogP contribution in [0.5, 0.6) is 0 Å². The number of rotatable bonds is 1. The molecule has 0 atom stereocenters. The van der Waals surface area contributed by atoms with E-state index in [0.717, 1.165) is 16.5 Å². The number of amides is 2. The number of carbonyl (C=O) groups excluding carboxylic acids is 2. The normalized spacial score (nSPS) is 16.3. The molecule has 0 aromatic heterocycles. The molecule has 1 saturated heterocycles. The third kappa shape index (κ3) is 2.29. The number of benzene rings is 2. The second-order valence-corrected chi connectivity index (χ2v) is 4.60. The van der Waals surface area contributed by atoms with Gasteiger partial charge in [-0.2, -0.15) is 0 Å². The summed E-state index contributed by atoms with van der Waals surface area (Å²) in [6.07, 6.45) is 0.346. The zero-order valence-corrected chi connectivity index (χ0v) is 10.4. The van der Waals surface area contributed by atoms with Gasteiger partial charge in [-0.05, 0) is 22.9 Å². The molecule has 0 bridgehead atoms. The Labute approximate surface area is 111 Å². The minimum Gasteiger partial charge on any atom is -0.347 e. The fourth-order valence-electron chi connectivity index (χ4n) is 2.31. The predicted molar refractivity (Wildman–Crippen MR) is 73.9 cm³/mol. The van der Waals surface area contributed by atoms with Crippen molar-refractivity contribution in [2.75, 3.05) is 18.0 Å². The van der Waals surface area contributed by atoms with Gasteiger partial charge in [0.1, 0.15) is 0 Å². The molecule has 1 fully saturated rings. The summed E-state index contributed by atoms with van der Waals surface area (Å²) in [6, 6.07) is 13.9. The van der Waals surface area contributed by atoms with Gasteiger partial charge in [0.25, 0.3) is 0 Å².